The minimum Gasteiger partial charge on any atom is -0.391 e. The molecular weight excluding hydrogens is 297 g/mol. The molecule has 2 unspecified atom stereocenters. The van der Waals surface area contributed by atoms with Gasteiger partial charge in [-0.3, -0.25) is 9.69 Å². The van der Waals surface area contributed by atoms with Crippen molar-refractivity contribution >= 4 is 5.91 Å². The van der Waals surface area contributed by atoms with Gasteiger partial charge in [0, 0.05) is 32.1 Å². The van der Waals surface area contributed by atoms with Crippen LogP contribution in [-0.4, -0.2) is 47.8 Å². The molecule has 2 atom stereocenters. The van der Waals surface area contributed by atoms with Crippen LogP contribution in [-0.2, 0) is 4.79 Å². The Hall–Kier alpha value is -1.60. The summed E-state index contributed by atoms with van der Waals surface area (Å²) in [5.41, 5.74) is 0.860. The molecule has 1 fully saturated rings. The number of amides is 1. The van der Waals surface area contributed by atoms with E-state index in [4.69, 9.17) is 0 Å². The molecule has 2 N–H and O–H groups in total. The van der Waals surface area contributed by atoms with E-state index in [0.717, 1.165) is 5.56 Å². The highest BCUT2D eigenvalue weighted by atomic mass is 19.4. The molecule has 0 bridgehead atoms. The summed E-state index contributed by atoms with van der Waals surface area (Å²) in [6, 6.07) is 8.83. The first-order valence-electron chi connectivity index (χ1n) is 7.15. The first kappa shape index (κ1) is 16.8. The van der Waals surface area contributed by atoms with E-state index in [1.807, 2.05) is 30.3 Å². The largest absolute Gasteiger partial charge is 0.391 e. The molecule has 1 saturated heterocycles. The van der Waals surface area contributed by atoms with Crippen LogP contribution >= 0.6 is 0 Å². The molecule has 1 aromatic carbocycles. The molecular formula is C15H19F3N2O2. The van der Waals surface area contributed by atoms with Crippen molar-refractivity contribution in [2.75, 3.05) is 19.6 Å². The first-order valence-corrected chi connectivity index (χ1v) is 7.15. The van der Waals surface area contributed by atoms with Gasteiger partial charge in [0.25, 0.3) is 0 Å². The molecule has 4 nitrogen and oxygen atoms in total. The Bertz CT molecular complexity index is 493. The zero-order valence-corrected chi connectivity index (χ0v) is 12.0. The molecule has 1 aliphatic rings. The van der Waals surface area contributed by atoms with Gasteiger partial charge in [-0.1, -0.05) is 30.3 Å². The number of rotatable bonds is 4. The van der Waals surface area contributed by atoms with E-state index in [-0.39, 0.29) is 24.9 Å². The molecule has 0 saturated carbocycles. The first-order chi connectivity index (χ1) is 10.3. The van der Waals surface area contributed by atoms with Gasteiger partial charge >= 0.3 is 6.18 Å². The van der Waals surface area contributed by atoms with Gasteiger partial charge in [0.1, 0.15) is 0 Å². The van der Waals surface area contributed by atoms with E-state index >= 15 is 0 Å². The lowest BCUT2D eigenvalue weighted by Crippen LogP contribution is -2.38. The number of aliphatic hydroxyl groups is 1. The summed E-state index contributed by atoms with van der Waals surface area (Å²) in [7, 11) is 0. The van der Waals surface area contributed by atoms with Gasteiger partial charge in [-0.05, 0) is 5.56 Å². The Morgan fingerprint density at radius 2 is 2.00 bits per heavy atom. The van der Waals surface area contributed by atoms with Crippen LogP contribution < -0.4 is 5.32 Å². The molecule has 7 heteroatoms. The van der Waals surface area contributed by atoms with E-state index in [1.165, 1.54) is 0 Å². The van der Waals surface area contributed by atoms with Gasteiger partial charge in [0.05, 0.1) is 12.5 Å². The van der Waals surface area contributed by atoms with Gasteiger partial charge in [-0.15, -0.1) is 0 Å². The van der Waals surface area contributed by atoms with Crippen LogP contribution in [0.5, 0.6) is 0 Å². The van der Waals surface area contributed by atoms with Crippen molar-refractivity contribution in [3.8, 4) is 0 Å². The van der Waals surface area contributed by atoms with Crippen molar-refractivity contribution in [3.05, 3.63) is 35.9 Å². The second-order valence-electron chi connectivity index (χ2n) is 5.45. The molecule has 0 radical (unpaired) electrons. The van der Waals surface area contributed by atoms with Gasteiger partial charge in [-0.25, -0.2) is 0 Å². The summed E-state index contributed by atoms with van der Waals surface area (Å²) in [5.74, 6) is -0.137. The number of halogens is 3. The van der Waals surface area contributed by atoms with E-state index in [1.54, 1.807) is 4.90 Å². The average molecular weight is 316 g/mol. The van der Waals surface area contributed by atoms with Crippen molar-refractivity contribution < 1.29 is 23.1 Å². The summed E-state index contributed by atoms with van der Waals surface area (Å²) in [6.45, 7) is 0.648. The lowest BCUT2D eigenvalue weighted by atomic mass is 10.0. The van der Waals surface area contributed by atoms with Crippen LogP contribution in [0.4, 0.5) is 13.2 Å². The smallest absolute Gasteiger partial charge is 0.391 e. The van der Waals surface area contributed by atoms with E-state index in [9.17, 15) is 23.1 Å². The minimum atomic E-state index is -4.40. The fourth-order valence-corrected chi connectivity index (χ4v) is 2.70. The summed E-state index contributed by atoms with van der Waals surface area (Å²) in [5, 5.41) is 12.4. The predicted octanol–water partition coefficient (Wildman–Crippen LogP) is 1.86. The van der Waals surface area contributed by atoms with E-state index in [2.05, 4.69) is 5.32 Å². The number of hydrogen-bond acceptors (Lipinski definition) is 3. The fourth-order valence-electron chi connectivity index (χ4n) is 2.70. The lowest BCUT2D eigenvalue weighted by molar-refractivity contribution is -0.156. The molecule has 2 rings (SSSR count). The topological polar surface area (TPSA) is 52.6 Å². The predicted molar refractivity (Wildman–Crippen MR) is 75.1 cm³/mol. The van der Waals surface area contributed by atoms with Crippen LogP contribution in [0.15, 0.2) is 30.3 Å². The normalized spacial score (nSPS) is 22.0. The van der Waals surface area contributed by atoms with E-state index < -0.39 is 18.7 Å². The number of benzene rings is 1. The highest BCUT2D eigenvalue weighted by molar-refractivity contribution is 5.77. The van der Waals surface area contributed by atoms with Crippen molar-refractivity contribution in [1.29, 1.82) is 0 Å². The SMILES string of the molecule is O=C1CC(c2ccccc2)N(CC(O)CC(F)(F)F)CCN1. The maximum absolute atomic E-state index is 12.4. The third-order valence-electron chi connectivity index (χ3n) is 3.64. The van der Waals surface area contributed by atoms with Crippen LogP contribution in [0, 0.1) is 0 Å². The van der Waals surface area contributed by atoms with Gasteiger partial charge in [0.2, 0.25) is 5.91 Å². The molecule has 22 heavy (non-hydrogen) atoms. The minimum absolute atomic E-state index is 0.117. The zero-order chi connectivity index (χ0) is 16.2. The summed E-state index contributed by atoms with van der Waals surface area (Å²) in [6.07, 6.45) is -6.98. The zero-order valence-electron chi connectivity index (χ0n) is 12.0. The Morgan fingerprint density at radius 3 is 2.64 bits per heavy atom. The third kappa shape index (κ3) is 4.99. The van der Waals surface area contributed by atoms with Crippen LogP contribution in [0.2, 0.25) is 0 Å². The molecule has 1 aromatic rings. The average Bonchev–Trinajstić information content (AvgIpc) is 2.60. The quantitative estimate of drug-likeness (QED) is 0.891. The van der Waals surface area contributed by atoms with Crippen LogP contribution in [0.3, 0.4) is 0 Å². The number of aliphatic hydroxyl groups excluding tert-OH is 1. The molecule has 0 spiro atoms. The van der Waals surface area contributed by atoms with Gasteiger partial charge < -0.3 is 10.4 Å². The second kappa shape index (κ2) is 7.11. The fraction of sp³-hybridized carbons (Fsp3) is 0.533. The molecule has 1 amide bonds. The molecule has 0 aliphatic carbocycles. The monoisotopic (exact) mass is 316 g/mol. The summed E-state index contributed by atoms with van der Waals surface area (Å²) < 4.78 is 37.1. The molecule has 122 valence electrons. The Labute approximate surface area is 126 Å². The van der Waals surface area contributed by atoms with Crippen molar-refractivity contribution in [3.63, 3.8) is 0 Å². The number of nitrogens with zero attached hydrogens (tertiary/aromatic N) is 1. The number of nitrogens with one attached hydrogen (secondary N) is 1. The number of carbonyl (C=O) groups excluding carboxylic acids is 1. The third-order valence-corrected chi connectivity index (χ3v) is 3.64. The van der Waals surface area contributed by atoms with Crippen LogP contribution in [0.25, 0.3) is 0 Å². The summed E-state index contributed by atoms with van der Waals surface area (Å²) >= 11 is 0. The van der Waals surface area contributed by atoms with Crippen molar-refractivity contribution in [1.82, 2.24) is 10.2 Å². The Morgan fingerprint density at radius 1 is 1.32 bits per heavy atom. The molecule has 1 aliphatic heterocycles. The van der Waals surface area contributed by atoms with E-state index in [0.29, 0.717) is 13.1 Å². The highest BCUT2D eigenvalue weighted by Gasteiger charge is 2.34. The number of alkyl halides is 3. The Kier molecular flexibility index (Phi) is 5.42. The van der Waals surface area contributed by atoms with Gasteiger partial charge in [0.15, 0.2) is 0 Å². The number of hydrogen-bond donors (Lipinski definition) is 2. The van der Waals surface area contributed by atoms with Gasteiger partial charge in [-0.2, -0.15) is 13.2 Å². The second-order valence-corrected chi connectivity index (χ2v) is 5.45. The van der Waals surface area contributed by atoms with Crippen molar-refractivity contribution in [2.24, 2.45) is 0 Å². The van der Waals surface area contributed by atoms with Crippen LogP contribution in [0.1, 0.15) is 24.4 Å². The maximum atomic E-state index is 12.4. The standard InChI is InChI=1S/C15H19F3N2O2/c16-15(17,18)9-12(21)10-20-7-6-19-14(22)8-13(20)11-4-2-1-3-5-11/h1-5,12-13,21H,6-10H2,(H,19,22). The summed E-state index contributed by atoms with van der Waals surface area (Å²) in [4.78, 5) is 13.5. The lowest BCUT2D eigenvalue weighted by Gasteiger charge is -2.31. The Balaban J connectivity index is 2.12. The highest BCUT2D eigenvalue weighted by Crippen LogP contribution is 2.28. The number of β-amino-alcohol motifs (C(OH)–C–C–N with tert-alkyl or cyclic N) is 1. The maximum Gasteiger partial charge on any atom is 0.391 e. The molecule has 0 aromatic heterocycles. The van der Waals surface area contributed by atoms with Crippen molar-refractivity contribution in [2.45, 2.75) is 31.2 Å². The number of carbonyl (C=O) groups is 1. The molecule has 1 heterocycles.